The average Bonchev–Trinajstić information content (AvgIpc) is 2.65. The first-order valence-corrected chi connectivity index (χ1v) is 7.09. The first-order valence-electron chi connectivity index (χ1n) is 7.09. The minimum absolute atomic E-state index is 0.0596. The van der Waals surface area contributed by atoms with Gasteiger partial charge in [-0.25, -0.2) is 14.0 Å². The number of anilines is 1. The number of carboxylic acids is 1. The quantitative estimate of drug-likeness (QED) is 0.879. The van der Waals surface area contributed by atoms with Crippen molar-refractivity contribution in [2.24, 2.45) is 0 Å². The molecule has 2 rings (SSSR count). The maximum atomic E-state index is 13.7. The van der Waals surface area contributed by atoms with Crippen LogP contribution in [0.15, 0.2) is 18.2 Å². The lowest BCUT2D eigenvalue weighted by Gasteiger charge is -2.27. The minimum atomic E-state index is -1.16. The molecule has 0 saturated carbocycles. The van der Waals surface area contributed by atoms with Crippen molar-refractivity contribution in [3.8, 4) is 0 Å². The molecule has 6 heteroatoms. The van der Waals surface area contributed by atoms with Crippen molar-refractivity contribution < 1.29 is 19.1 Å². The molecule has 1 heterocycles. The second-order valence-corrected chi connectivity index (χ2v) is 5.32. The van der Waals surface area contributed by atoms with E-state index in [1.165, 1.54) is 6.07 Å². The molecule has 114 valence electrons. The summed E-state index contributed by atoms with van der Waals surface area (Å²) in [6, 6.07) is 3.06. The Morgan fingerprint density at radius 1 is 1.33 bits per heavy atom. The van der Waals surface area contributed by atoms with Gasteiger partial charge in [-0.3, -0.25) is 0 Å². The van der Waals surface area contributed by atoms with Gasteiger partial charge in [0, 0.05) is 12.6 Å². The van der Waals surface area contributed by atoms with Crippen LogP contribution < -0.4 is 5.32 Å². The SMILES string of the molecule is CC1CCCCCN1C(=O)Nc1cc(C(=O)O)ccc1F. The van der Waals surface area contributed by atoms with Crippen LogP contribution in [0.2, 0.25) is 0 Å². The highest BCUT2D eigenvalue weighted by atomic mass is 19.1. The van der Waals surface area contributed by atoms with Crippen molar-refractivity contribution in [2.75, 3.05) is 11.9 Å². The van der Waals surface area contributed by atoms with Crippen LogP contribution in [0.5, 0.6) is 0 Å². The predicted octanol–water partition coefficient (Wildman–Crippen LogP) is 3.32. The summed E-state index contributed by atoms with van der Waals surface area (Å²) in [5.41, 5.74) is -0.160. The second kappa shape index (κ2) is 6.56. The number of carboxylic acid groups (broad SMARTS) is 1. The van der Waals surface area contributed by atoms with Gasteiger partial charge < -0.3 is 15.3 Å². The summed E-state index contributed by atoms with van der Waals surface area (Å²) in [4.78, 5) is 24.8. The summed E-state index contributed by atoms with van der Waals surface area (Å²) in [7, 11) is 0. The Morgan fingerprint density at radius 3 is 2.81 bits per heavy atom. The van der Waals surface area contributed by atoms with Crippen LogP contribution in [0.1, 0.15) is 43.0 Å². The zero-order valence-corrected chi connectivity index (χ0v) is 11.9. The number of urea groups is 1. The van der Waals surface area contributed by atoms with Gasteiger partial charge in [-0.1, -0.05) is 12.8 Å². The van der Waals surface area contributed by atoms with Crippen LogP contribution in [0.3, 0.4) is 0 Å². The number of likely N-dealkylation sites (tertiary alicyclic amines) is 1. The number of carbonyl (C=O) groups is 2. The summed E-state index contributed by atoms with van der Waals surface area (Å²) in [5, 5.41) is 11.4. The van der Waals surface area contributed by atoms with Gasteiger partial charge in [-0.05, 0) is 38.0 Å². The fourth-order valence-corrected chi connectivity index (χ4v) is 2.52. The van der Waals surface area contributed by atoms with Crippen LogP contribution in [-0.4, -0.2) is 34.6 Å². The van der Waals surface area contributed by atoms with Crippen LogP contribution in [0.25, 0.3) is 0 Å². The van der Waals surface area contributed by atoms with Crippen molar-refractivity contribution in [1.29, 1.82) is 0 Å². The lowest BCUT2D eigenvalue weighted by atomic mass is 10.1. The van der Waals surface area contributed by atoms with Gasteiger partial charge in [-0.2, -0.15) is 0 Å². The molecule has 0 aromatic heterocycles. The molecule has 1 aromatic carbocycles. The van der Waals surface area contributed by atoms with Gasteiger partial charge >= 0.3 is 12.0 Å². The van der Waals surface area contributed by atoms with Crippen molar-refractivity contribution in [1.82, 2.24) is 4.90 Å². The molecule has 0 aliphatic carbocycles. The van der Waals surface area contributed by atoms with E-state index >= 15 is 0 Å². The Morgan fingerprint density at radius 2 is 2.10 bits per heavy atom. The summed E-state index contributed by atoms with van der Waals surface area (Å²) in [5.74, 6) is -1.80. The third kappa shape index (κ3) is 3.71. The van der Waals surface area contributed by atoms with Crippen molar-refractivity contribution in [3.63, 3.8) is 0 Å². The molecule has 1 fully saturated rings. The summed E-state index contributed by atoms with van der Waals surface area (Å²) >= 11 is 0. The molecular weight excluding hydrogens is 275 g/mol. The van der Waals surface area contributed by atoms with E-state index in [0.29, 0.717) is 6.54 Å². The highest BCUT2D eigenvalue weighted by Crippen LogP contribution is 2.20. The Balaban J connectivity index is 2.14. The fraction of sp³-hybridized carbons (Fsp3) is 0.467. The van der Waals surface area contributed by atoms with Crippen molar-refractivity contribution >= 4 is 17.7 Å². The molecule has 1 unspecified atom stereocenters. The number of rotatable bonds is 2. The molecular formula is C15H19FN2O3. The number of benzene rings is 1. The minimum Gasteiger partial charge on any atom is -0.478 e. The summed E-state index contributed by atoms with van der Waals surface area (Å²) in [6.45, 7) is 2.60. The van der Waals surface area contributed by atoms with Crippen LogP contribution in [0.4, 0.5) is 14.9 Å². The summed E-state index contributed by atoms with van der Waals surface area (Å²) < 4.78 is 13.7. The number of amides is 2. The van der Waals surface area contributed by atoms with Gasteiger partial charge in [0.2, 0.25) is 0 Å². The average molecular weight is 294 g/mol. The Hall–Kier alpha value is -2.11. The van der Waals surface area contributed by atoms with E-state index < -0.39 is 11.8 Å². The largest absolute Gasteiger partial charge is 0.478 e. The van der Waals surface area contributed by atoms with Gasteiger partial charge in [-0.15, -0.1) is 0 Å². The molecule has 2 amide bonds. The lowest BCUT2D eigenvalue weighted by molar-refractivity contribution is 0.0697. The zero-order chi connectivity index (χ0) is 15.4. The Labute approximate surface area is 122 Å². The van der Waals surface area contributed by atoms with E-state index in [0.717, 1.165) is 37.8 Å². The third-order valence-electron chi connectivity index (χ3n) is 3.77. The molecule has 1 aromatic rings. The van der Waals surface area contributed by atoms with Crippen molar-refractivity contribution in [2.45, 2.75) is 38.6 Å². The van der Waals surface area contributed by atoms with Crippen LogP contribution in [-0.2, 0) is 0 Å². The number of hydrogen-bond donors (Lipinski definition) is 2. The molecule has 1 aliphatic rings. The number of nitrogens with one attached hydrogen (secondary N) is 1. The second-order valence-electron chi connectivity index (χ2n) is 5.32. The monoisotopic (exact) mass is 294 g/mol. The van der Waals surface area contributed by atoms with Crippen LogP contribution in [0, 0.1) is 5.82 Å². The first kappa shape index (κ1) is 15.3. The van der Waals surface area contributed by atoms with E-state index in [9.17, 15) is 14.0 Å². The highest BCUT2D eigenvalue weighted by Gasteiger charge is 2.23. The topological polar surface area (TPSA) is 69.6 Å². The molecule has 1 aliphatic heterocycles. The van der Waals surface area contributed by atoms with Gasteiger partial charge in [0.15, 0.2) is 0 Å². The van der Waals surface area contributed by atoms with E-state index in [1.54, 1.807) is 4.90 Å². The van der Waals surface area contributed by atoms with Crippen molar-refractivity contribution in [3.05, 3.63) is 29.6 Å². The molecule has 1 saturated heterocycles. The fourth-order valence-electron chi connectivity index (χ4n) is 2.52. The molecule has 5 nitrogen and oxygen atoms in total. The molecule has 0 spiro atoms. The predicted molar refractivity (Wildman–Crippen MR) is 77.0 cm³/mol. The van der Waals surface area contributed by atoms with E-state index in [4.69, 9.17) is 5.11 Å². The standard InChI is InChI=1S/C15H19FN2O3/c1-10-5-3-2-4-8-18(10)15(21)17-13-9-11(14(19)20)6-7-12(13)16/h6-7,9-10H,2-5,8H2,1H3,(H,17,21)(H,19,20). The zero-order valence-electron chi connectivity index (χ0n) is 11.9. The first-order chi connectivity index (χ1) is 9.99. The molecule has 1 atom stereocenters. The summed E-state index contributed by atoms with van der Waals surface area (Å²) in [6.07, 6.45) is 4.01. The van der Waals surface area contributed by atoms with Gasteiger partial charge in [0.1, 0.15) is 5.82 Å². The normalized spacial score (nSPS) is 19.0. The van der Waals surface area contributed by atoms with Gasteiger partial charge in [0.05, 0.1) is 11.3 Å². The highest BCUT2D eigenvalue weighted by molar-refractivity contribution is 5.93. The lowest BCUT2D eigenvalue weighted by Crippen LogP contribution is -2.41. The smallest absolute Gasteiger partial charge is 0.335 e. The number of hydrogen-bond acceptors (Lipinski definition) is 2. The maximum Gasteiger partial charge on any atom is 0.335 e. The number of nitrogens with zero attached hydrogens (tertiary/aromatic N) is 1. The number of aromatic carboxylic acids is 1. The molecule has 21 heavy (non-hydrogen) atoms. The molecule has 2 N–H and O–H groups in total. The Kier molecular flexibility index (Phi) is 4.77. The molecule has 0 radical (unpaired) electrons. The third-order valence-corrected chi connectivity index (χ3v) is 3.77. The van der Waals surface area contributed by atoms with E-state index in [1.807, 2.05) is 6.92 Å². The van der Waals surface area contributed by atoms with E-state index in [2.05, 4.69) is 5.32 Å². The van der Waals surface area contributed by atoms with Crippen LogP contribution >= 0.6 is 0 Å². The Bertz CT molecular complexity index is 548. The van der Waals surface area contributed by atoms with Gasteiger partial charge in [0.25, 0.3) is 0 Å². The number of carbonyl (C=O) groups excluding carboxylic acids is 1. The molecule has 0 bridgehead atoms. The number of halogens is 1. The maximum absolute atomic E-state index is 13.7. The van der Waals surface area contributed by atoms with E-state index in [-0.39, 0.29) is 23.3 Å².